The average Bonchev–Trinajstić information content (AvgIpc) is 3.31. The molecule has 2 aliphatic rings. The fraction of sp³-hybridized carbons (Fsp3) is 0.500. The Labute approximate surface area is 241 Å². The maximum Gasteiger partial charge on any atom is -1.00 e. The molecular formula is C32H44Cl2SiZr. The molecular weight excluding hydrogens is 575 g/mol. The molecule has 0 saturated heterocycles. The van der Waals surface area contributed by atoms with Gasteiger partial charge in [0.1, 0.15) is 0 Å². The predicted molar refractivity (Wildman–Crippen MR) is 150 cm³/mol. The Hall–Kier alpha value is -0.400. The van der Waals surface area contributed by atoms with Crippen LogP contribution in [0.1, 0.15) is 118 Å². The van der Waals surface area contributed by atoms with Crippen LogP contribution in [0.5, 0.6) is 0 Å². The summed E-state index contributed by atoms with van der Waals surface area (Å²) >= 11 is -2.00. The molecule has 0 nitrogen and oxygen atoms in total. The Morgan fingerprint density at radius 2 is 1.06 bits per heavy atom. The van der Waals surface area contributed by atoms with Gasteiger partial charge in [-0.25, -0.2) is 0 Å². The quantitative estimate of drug-likeness (QED) is 0.432. The Bertz CT molecular complexity index is 1140. The number of halogens is 2. The predicted octanol–water partition coefficient (Wildman–Crippen LogP) is 3.82. The Kier molecular flexibility index (Phi) is 11.2. The number of hydrogen-bond donors (Lipinski definition) is 0. The number of hydrogen-bond acceptors (Lipinski definition) is 0. The van der Waals surface area contributed by atoms with Crippen molar-refractivity contribution in [1.29, 1.82) is 0 Å². The largest absolute Gasteiger partial charge is 1.00 e. The maximum atomic E-state index is 2.66. The molecule has 4 rings (SSSR count). The molecule has 0 radical (unpaired) electrons. The van der Waals surface area contributed by atoms with Gasteiger partial charge in [0.25, 0.3) is 0 Å². The maximum absolute atomic E-state index is 2.66. The van der Waals surface area contributed by atoms with E-state index in [0.717, 1.165) is 7.25 Å². The summed E-state index contributed by atoms with van der Waals surface area (Å²) in [5, 5.41) is 0. The molecule has 4 heteroatoms. The molecule has 0 saturated carbocycles. The molecule has 0 aliphatic heterocycles. The summed E-state index contributed by atoms with van der Waals surface area (Å²) < 4.78 is 1.50. The standard InChI is InChI=1S/2C15H19.C2H6Si.2ClH.Zr/c2*1-5-12-8-13-6-11(4)7-14(10(2)3)15(13)9-12;1-3-2;;;/h2*6-10H,5H2,1-4H3;1-2H3;2*1H;/q;;;;;+2/p-2. The van der Waals surface area contributed by atoms with Crippen molar-refractivity contribution in [2.24, 2.45) is 0 Å². The van der Waals surface area contributed by atoms with Crippen LogP contribution in [-0.2, 0) is 20.4 Å². The minimum Gasteiger partial charge on any atom is -1.00 e. The van der Waals surface area contributed by atoms with Crippen LogP contribution in [0.4, 0.5) is 0 Å². The van der Waals surface area contributed by atoms with E-state index in [-0.39, 0.29) is 30.2 Å². The summed E-state index contributed by atoms with van der Waals surface area (Å²) in [5.74, 6) is 1.16. The Balaban J connectivity index is 0.00000228. The zero-order valence-corrected chi connectivity index (χ0v) is 28.9. The van der Waals surface area contributed by atoms with E-state index in [2.05, 4.69) is 105 Å². The minimum atomic E-state index is -2.00. The van der Waals surface area contributed by atoms with Crippen LogP contribution in [0, 0.1) is 13.8 Å². The molecule has 2 aliphatic carbocycles. The van der Waals surface area contributed by atoms with Crippen LogP contribution < -0.4 is 24.8 Å². The molecule has 0 heterocycles. The van der Waals surface area contributed by atoms with Gasteiger partial charge in [0, 0.05) is 0 Å². The first kappa shape index (κ1) is 31.8. The first-order chi connectivity index (χ1) is 16.1. The topological polar surface area (TPSA) is 0 Å². The number of aryl methyl sites for hydroxylation is 2. The van der Waals surface area contributed by atoms with Gasteiger partial charge in [0.15, 0.2) is 0 Å². The Morgan fingerprint density at radius 1 is 0.694 bits per heavy atom. The molecule has 0 fully saturated rings. The van der Waals surface area contributed by atoms with E-state index in [1.54, 1.807) is 44.5 Å². The summed E-state index contributed by atoms with van der Waals surface area (Å²) in [7, 11) is 0. The molecule has 0 amide bonds. The second kappa shape index (κ2) is 12.6. The SMILES string of the molecule is CCC1=Cc2c(C(C)C)cc(C)cc2[CH]1[Zr+2]([CH]1C(CC)=Cc2c(C(C)C)cc(C)cc21)=[Si](C)C.[Cl-].[Cl-]. The molecule has 2 unspecified atom stereocenters. The monoisotopic (exact) mass is 616 g/mol. The van der Waals surface area contributed by atoms with Gasteiger partial charge in [-0.15, -0.1) is 0 Å². The third-order valence-electron chi connectivity index (χ3n) is 8.06. The average molecular weight is 619 g/mol. The smallest absolute Gasteiger partial charge is 1.00 e. The third-order valence-corrected chi connectivity index (χ3v) is 27.6. The summed E-state index contributed by atoms with van der Waals surface area (Å²) in [6.07, 6.45) is 7.68. The van der Waals surface area contributed by atoms with Crippen molar-refractivity contribution in [1.82, 2.24) is 0 Å². The number of rotatable bonds is 6. The molecule has 0 spiro atoms. The van der Waals surface area contributed by atoms with Gasteiger partial charge in [-0.05, 0) is 0 Å². The van der Waals surface area contributed by atoms with Crippen molar-refractivity contribution in [2.75, 3.05) is 0 Å². The van der Waals surface area contributed by atoms with E-state index < -0.39 is 20.4 Å². The van der Waals surface area contributed by atoms with Crippen LogP contribution in [0.25, 0.3) is 12.2 Å². The number of allylic oxidation sites excluding steroid dienone is 2. The van der Waals surface area contributed by atoms with Crippen molar-refractivity contribution in [3.63, 3.8) is 0 Å². The van der Waals surface area contributed by atoms with Gasteiger partial charge in [-0.3, -0.25) is 0 Å². The normalized spacial score (nSPS) is 17.5. The molecule has 2 aromatic carbocycles. The number of fused-ring (bicyclic) bond motifs is 2. The fourth-order valence-corrected chi connectivity index (χ4v) is 27.2. The van der Waals surface area contributed by atoms with Crippen LogP contribution in [-0.4, -0.2) is 5.43 Å². The van der Waals surface area contributed by atoms with Gasteiger partial charge < -0.3 is 24.8 Å². The molecule has 0 bridgehead atoms. The van der Waals surface area contributed by atoms with Crippen LogP contribution in [0.2, 0.25) is 13.1 Å². The van der Waals surface area contributed by atoms with Crippen LogP contribution in [0.15, 0.2) is 35.4 Å². The van der Waals surface area contributed by atoms with E-state index in [4.69, 9.17) is 0 Å². The number of benzene rings is 2. The zero-order chi connectivity index (χ0) is 24.9. The molecule has 194 valence electrons. The second-order valence-electron chi connectivity index (χ2n) is 11.5. The van der Waals surface area contributed by atoms with Crippen molar-refractivity contribution >= 4 is 17.6 Å². The van der Waals surface area contributed by atoms with Gasteiger partial charge >= 0.3 is 218 Å². The van der Waals surface area contributed by atoms with E-state index in [9.17, 15) is 0 Å². The molecule has 36 heavy (non-hydrogen) atoms. The Morgan fingerprint density at radius 3 is 1.33 bits per heavy atom. The summed E-state index contributed by atoms with van der Waals surface area (Å²) in [6, 6.07) is 10.1. The van der Waals surface area contributed by atoms with E-state index in [1.807, 2.05) is 0 Å². The van der Waals surface area contributed by atoms with Crippen molar-refractivity contribution in [3.8, 4) is 0 Å². The molecule has 0 aromatic heterocycles. The molecule has 2 aromatic rings. The van der Waals surface area contributed by atoms with Gasteiger partial charge in [-0.1, -0.05) is 0 Å². The van der Waals surface area contributed by atoms with E-state index in [1.165, 1.54) is 24.0 Å². The van der Waals surface area contributed by atoms with Crippen LogP contribution in [0.3, 0.4) is 0 Å². The summed E-state index contributed by atoms with van der Waals surface area (Å²) in [4.78, 5) is 0. The van der Waals surface area contributed by atoms with Crippen LogP contribution >= 0.6 is 0 Å². The van der Waals surface area contributed by atoms with E-state index in [0.29, 0.717) is 11.8 Å². The summed E-state index contributed by atoms with van der Waals surface area (Å²) in [5.41, 5.74) is 15.8. The molecule has 0 N–H and O–H groups in total. The second-order valence-corrected chi connectivity index (χ2v) is 29.4. The first-order valence-corrected chi connectivity index (χ1v) is 22.5. The first-order valence-electron chi connectivity index (χ1n) is 13.5. The van der Waals surface area contributed by atoms with E-state index >= 15 is 0 Å². The van der Waals surface area contributed by atoms with Crippen molar-refractivity contribution in [2.45, 2.75) is 100 Å². The molecule has 2 atom stereocenters. The third kappa shape index (κ3) is 5.64. The summed E-state index contributed by atoms with van der Waals surface area (Å²) in [6.45, 7) is 24.3. The van der Waals surface area contributed by atoms with Crippen molar-refractivity contribution in [3.05, 3.63) is 79.9 Å². The zero-order valence-electron chi connectivity index (χ0n) is 23.9. The fourth-order valence-electron chi connectivity index (χ4n) is 6.50. The minimum absolute atomic E-state index is 0. The van der Waals surface area contributed by atoms with Gasteiger partial charge in [-0.2, -0.15) is 0 Å². The van der Waals surface area contributed by atoms with Crippen molar-refractivity contribution < 1.29 is 45.2 Å². The van der Waals surface area contributed by atoms with Gasteiger partial charge in [0.2, 0.25) is 0 Å². The van der Waals surface area contributed by atoms with Gasteiger partial charge in [0.05, 0.1) is 0 Å².